The molecule has 0 unspecified atom stereocenters. The minimum atomic E-state index is -0.155. The minimum Gasteiger partial charge on any atom is -0.494 e. The Morgan fingerprint density at radius 1 is 1.06 bits per heavy atom. The van der Waals surface area contributed by atoms with E-state index < -0.39 is 0 Å². The monoisotopic (exact) mass is 487 g/mol. The van der Waals surface area contributed by atoms with Crippen molar-refractivity contribution in [1.29, 1.82) is 0 Å². The third kappa shape index (κ3) is 4.74. The zero-order valence-corrected chi connectivity index (χ0v) is 20.1. The number of amidine groups is 1. The maximum atomic E-state index is 12.7. The number of benzene rings is 3. The average Bonchev–Trinajstić information content (AvgIpc) is 3.36. The van der Waals surface area contributed by atoms with Crippen LogP contribution in [-0.4, -0.2) is 22.2 Å². The third-order valence-electron chi connectivity index (χ3n) is 5.43. The molecule has 3 aromatic carbocycles. The predicted molar refractivity (Wildman–Crippen MR) is 141 cm³/mol. The molecule has 5 nitrogen and oxygen atoms in total. The van der Waals surface area contributed by atoms with Gasteiger partial charge in [-0.15, -0.1) is 0 Å². The average molecular weight is 488 g/mol. The van der Waals surface area contributed by atoms with Crippen LogP contribution in [0.15, 0.2) is 88.9 Å². The van der Waals surface area contributed by atoms with Crippen LogP contribution in [0.3, 0.4) is 0 Å². The van der Waals surface area contributed by atoms with Crippen molar-refractivity contribution in [2.24, 2.45) is 4.99 Å². The van der Waals surface area contributed by atoms with E-state index in [1.807, 2.05) is 73.7 Å². The number of para-hydroxylation sites is 1. The van der Waals surface area contributed by atoms with Gasteiger partial charge in [0.25, 0.3) is 5.91 Å². The van der Waals surface area contributed by atoms with Crippen LogP contribution in [0.1, 0.15) is 18.1 Å². The lowest BCUT2D eigenvalue weighted by molar-refractivity contribution is -0.115. The van der Waals surface area contributed by atoms with E-state index in [1.54, 1.807) is 0 Å². The second-order valence-corrected chi connectivity index (χ2v) is 9.17. The number of halogens is 1. The number of thioether (sulfide) groups is 1. The number of hydrogen-bond donors (Lipinski definition) is 1. The second-order valence-electron chi connectivity index (χ2n) is 7.73. The zero-order chi connectivity index (χ0) is 23.5. The van der Waals surface area contributed by atoms with Crippen molar-refractivity contribution in [3.05, 3.63) is 100 Å². The molecule has 0 aliphatic carbocycles. The van der Waals surface area contributed by atoms with Crippen LogP contribution in [0, 0.1) is 0 Å². The van der Waals surface area contributed by atoms with E-state index in [1.165, 1.54) is 11.8 Å². The molecule has 0 spiro atoms. The molecule has 4 aromatic rings. The Bertz CT molecular complexity index is 1420. The summed E-state index contributed by atoms with van der Waals surface area (Å²) in [4.78, 5) is 17.8. The first-order valence-electron chi connectivity index (χ1n) is 10.9. The van der Waals surface area contributed by atoms with Gasteiger partial charge in [0, 0.05) is 34.2 Å². The molecule has 1 amide bonds. The van der Waals surface area contributed by atoms with E-state index in [4.69, 9.17) is 16.3 Å². The summed E-state index contributed by atoms with van der Waals surface area (Å²) in [6, 6.07) is 23.5. The Labute approximate surface area is 207 Å². The van der Waals surface area contributed by atoms with E-state index in [-0.39, 0.29) is 5.91 Å². The molecule has 1 aliphatic heterocycles. The van der Waals surface area contributed by atoms with Crippen molar-refractivity contribution in [3.8, 4) is 5.75 Å². The number of rotatable bonds is 6. The molecule has 1 aromatic heterocycles. The van der Waals surface area contributed by atoms with Gasteiger partial charge in [0.1, 0.15) is 5.75 Å². The molecule has 0 atom stereocenters. The van der Waals surface area contributed by atoms with Crippen LogP contribution in [0.2, 0.25) is 5.02 Å². The van der Waals surface area contributed by atoms with E-state index in [9.17, 15) is 4.79 Å². The van der Waals surface area contributed by atoms with Gasteiger partial charge in [0.15, 0.2) is 5.17 Å². The first-order chi connectivity index (χ1) is 16.6. The van der Waals surface area contributed by atoms with Crippen molar-refractivity contribution >= 4 is 57.1 Å². The van der Waals surface area contributed by atoms with Crippen molar-refractivity contribution in [1.82, 2.24) is 9.88 Å². The number of aliphatic imine (C=N–C) groups is 1. The maximum absolute atomic E-state index is 12.7. The van der Waals surface area contributed by atoms with Crippen molar-refractivity contribution in [2.45, 2.75) is 13.5 Å². The highest BCUT2D eigenvalue weighted by Gasteiger charge is 2.24. The highest BCUT2D eigenvalue weighted by atomic mass is 35.5. The Morgan fingerprint density at radius 3 is 2.62 bits per heavy atom. The lowest BCUT2D eigenvalue weighted by Crippen LogP contribution is -2.19. The summed E-state index contributed by atoms with van der Waals surface area (Å²) in [6.45, 7) is 3.21. The smallest absolute Gasteiger partial charge is 0.264 e. The van der Waals surface area contributed by atoms with Gasteiger partial charge < -0.3 is 14.6 Å². The van der Waals surface area contributed by atoms with E-state index in [0.29, 0.717) is 23.2 Å². The fourth-order valence-corrected chi connectivity index (χ4v) is 4.88. The van der Waals surface area contributed by atoms with E-state index in [0.717, 1.165) is 38.5 Å². The standard InChI is InChI=1S/C27H22ClN3O2S/c1-2-33-21-13-11-20(12-14-21)29-27-30-26(32)25(34-27)15-19-17-31(24-10-6-4-8-22(19)24)16-18-7-3-5-9-23(18)28/h3-15,17H,2,16H2,1H3,(H,29,30,32)/b25-15+. The normalized spacial score (nSPS) is 15.9. The Hall–Kier alpha value is -3.48. The highest BCUT2D eigenvalue weighted by molar-refractivity contribution is 8.18. The topological polar surface area (TPSA) is 55.6 Å². The highest BCUT2D eigenvalue weighted by Crippen LogP contribution is 2.32. The quantitative estimate of drug-likeness (QED) is 0.310. The number of ether oxygens (including phenoxy) is 1. The molecule has 0 saturated carbocycles. The van der Waals surface area contributed by atoms with Crippen LogP contribution in [-0.2, 0) is 11.3 Å². The van der Waals surface area contributed by atoms with Gasteiger partial charge in [-0.25, -0.2) is 4.99 Å². The third-order valence-corrected chi connectivity index (χ3v) is 6.71. The van der Waals surface area contributed by atoms with Crippen molar-refractivity contribution < 1.29 is 9.53 Å². The summed E-state index contributed by atoms with van der Waals surface area (Å²) < 4.78 is 7.63. The van der Waals surface area contributed by atoms with Gasteiger partial charge >= 0.3 is 0 Å². The van der Waals surface area contributed by atoms with Crippen LogP contribution in [0.25, 0.3) is 17.0 Å². The largest absolute Gasteiger partial charge is 0.494 e. The van der Waals surface area contributed by atoms with Crippen molar-refractivity contribution in [2.75, 3.05) is 6.61 Å². The van der Waals surface area contributed by atoms with Gasteiger partial charge in [0.05, 0.1) is 17.2 Å². The second kappa shape index (κ2) is 9.79. The Kier molecular flexibility index (Phi) is 6.43. The van der Waals surface area contributed by atoms with Gasteiger partial charge in [-0.3, -0.25) is 4.79 Å². The molecule has 0 bridgehead atoms. The van der Waals surface area contributed by atoms with Crippen LogP contribution in [0.5, 0.6) is 5.75 Å². The van der Waals surface area contributed by atoms with E-state index >= 15 is 0 Å². The molecule has 1 N–H and O–H groups in total. The lowest BCUT2D eigenvalue weighted by atomic mass is 10.1. The molecule has 1 aliphatic rings. The number of nitrogens with one attached hydrogen (secondary N) is 1. The van der Waals surface area contributed by atoms with Crippen LogP contribution < -0.4 is 10.1 Å². The molecule has 1 saturated heterocycles. The summed E-state index contributed by atoms with van der Waals surface area (Å²) in [5.41, 5.74) is 3.86. The molecule has 1 fully saturated rings. The molecular formula is C27H22ClN3O2S. The fraction of sp³-hybridized carbons (Fsp3) is 0.111. The molecular weight excluding hydrogens is 466 g/mol. The molecule has 34 heavy (non-hydrogen) atoms. The lowest BCUT2D eigenvalue weighted by Gasteiger charge is -2.07. The molecule has 2 heterocycles. The first kappa shape index (κ1) is 22.3. The Morgan fingerprint density at radius 2 is 1.82 bits per heavy atom. The first-order valence-corrected chi connectivity index (χ1v) is 12.1. The Balaban J connectivity index is 1.43. The summed E-state index contributed by atoms with van der Waals surface area (Å²) in [5.74, 6) is 0.640. The van der Waals surface area contributed by atoms with Crippen LogP contribution in [0.4, 0.5) is 5.69 Å². The minimum absolute atomic E-state index is 0.155. The summed E-state index contributed by atoms with van der Waals surface area (Å²) in [7, 11) is 0. The number of amides is 1. The number of aromatic nitrogens is 1. The zero-order valence-electron chi connectivity index (χ0n) is 18.5. The number of nitrogens with zero attached hydrogens (tertiary/aromatic N) is 2. The van der Waals surface area contributed by atoms with Crippen LogP contribution >= 0.6 is 23.4 Å². The number of hydrogen-bond acceptors (Lipinski definition) is 4. The summed E-state index contributed by atoms with van der Waals surface area (Å²) in [5, 5.41) is 5.23. The van der Waals surface area contributed by atoms with Gasteiger partial charge in [-0.1, -0.05) is 48.0 Å². The van der Waals surface area contributed by atoms with Gasteiger partial charge in [-0.2, -0.15) is 0 Å². The maximum Gasteiger partial charge on any atom is 0.264 e. The SMILES string of the molecule is CCOc1ccc(N=C2NC(=O)/C(=C\c3cn(Cc4ccccc4Cl)c4ccccc34)S2)cc1. The number of fused-ring (bicyclic) bond motifs is 1. The number of carbonyl (C=O) groups is 1. The van der Waals surface area contributed by atoms with Crippen molar-refractivity contribution in [3.63, 3.8) is 0 Å². The molecule has 5 rings (SSSR count). The molecule has 0 radical (unpaired) electrons. The predicted octanol–water partition coefficient (Wildman–Crippen LogP) is 6.63. The fourth-order valence-electron chi connectivity index (χ4n) is 3.85. The summed E-state index contributed by atoms with van der Waals surface area (Å²) in [6.07, 6.45) is 3.99. The van der Waals surface area contributed by atoms with Gasteiger partial charge in [-0.05, 0) is 66.7 Å². The van der Waals surface area contributed by atoms with Gasteiger partial charge in [0.2, 0.25) is 0 Å². The number of carbonyl (C=O) groups excluding carboxylic acids is 1. The van der Waals surface area contributed by atoms with E-state index in [2.05, 4.69) is 33.2 Å². The molecule has 170 valence electrons. The summed E-state index contributed by atoms with van der Waals surface area (Å²) >= 11 is 7.73. The molecule has 7 heteroatoms.